The molecule has 0 bridgehead atoms. The van der Waals surface area contributed by atoms with E-state index in [1.807, 2.05) is 29.2 Å². The third-order valence-electron chi connectivity index (χ3n) is 3.83. The van der Waals surface area contributed by atoms with E-state index >= 15 is 0 Å². The molecule has 1 aliphatic rings. The number of methoxy groups -OCH3 is 1. The Morgan fingerprint density at radius 1 is 1.48 bits per heavy atom. The molecule has 2 N–H and O–H groups in total. The maximum atomic E-state index is 12.4. The van der Waals surface area contributed by atoms with Crippen LogP contribution in [0, 0.1) is 0 Å². The van der Waals surface area contributed by atoms with Crippen molar-refractivity contribution in [3.8, 4) is 0 Å². The summed E-state index contributed by atoms with van der Waals surface area (Å²) in [5.41, 5.74) is 6.72. The number of benzene rings is 1. The van der Waals surface area contributed by atoms with Gasteiger partial charge in [-0.3, -0.25) is 4.79 Å². The molecule has 4 nitrogen and oxygen atoms in total. The predicted molar refractivity (Wildman–Crippen MR) is 86.9 cm³/mol. The Morgan fingerprint density at radius 3 is 2.71 bits per heavy atom. The zero-order valence-electron chi connectivity index (χ0n) is 12.1. The first kappa shape index (κ1) is 18.2. The molecule has 2 atom stereocenters. The fourth-order valence-corrected chi connectivity index (χ4v) is 2.80. The molecule has 6 heteroatoms. The van der Waals surface area contributed by atoms with Crippen molar-refractivity contribution in [3.63, 3.8) is 0 Å². The zero-order chi connectivity index (χ0) is 14.5. The van der Waals surface area contributed by atoms with Crippen molar-refractivity contribution in [3.05, 3.63) is 34.9 Å². The summed E-state index contributed by atoms with van der Waals surface area (Å²) in [4.78, 5) is 14.3. The molecule has 0 aliphatic carbocycles. The second-order valence-electron chi connectivity index (χ2n) is 5.09. The van der Waals surface area contributed by atoms with Gasteiger partial charge in [0.15, 0.2) is 0 Å². The second kappa shape index (κ2) is 8.59. The van der Waals surface area contributed by atoms with Crippen LogP contribution in [0.25, 0.3) is 0 Å². The van der Waals surface area contributed by atoms with Gasteiger partial charge in [0.2, 0.25) is 5.91 Å². The van der Waals surface area contributed by atoms with Crippen LogP contribution in [-0.2, 0) is 9.53 Å². The van der Waals surface area contributed by atoms with Crippen LogP contribution in [0.15, 0.2) is 24.3 Å². The first-order valence-corrected chi connectivity index (χ1v) is 7.31. The van der Waals surface area contributed by atoms with Gasteiger partial charge in [0.1, 0.15) is 0 Å². The van der Waals surface area contributed by atoms with Gasteiger partial charge in [-0.05, 0) is 30.5 Å². The zero-order valence-corrected chi connectivity index (χ0v) is 13.7. The van der Waals surface area contributed by atoms with Crippen molar-refractivity contribution in [2.75, 3.05) is 20.2 Å². The quantitative estimate of drug-likeness (QED) is 0.901. The van der Waals surface area contributed by atoms with Gasteiger partial charge in [-0.25, -0.2) is 0 Å². The average Bonchev–Trinajstić information content (AvgIpc) is 2.94. The highest BCUT2D eigenvalue weighted by Gasteiger charge is 2.30. The molecule has 2 rings (SSSR count). The van der Waals surface area contributed by atoms with Crippen LogP contribution in [0.2, 0.25) is 5.02 Å². The van der Waals surface area contributed by atoms with E-state index in [-0.39, 0.29) is 30.5 Å². The number of rotatable bonds is 5. The third kappa shape index (κ3) is 4.58. The second-order valence-corrected chi connectivity index (χ2v) is 5.53. The first-order chi connectivity index (χ1) is 9.65. The molecule has 0 spiro atoms. The van der Waals surface area contributed by atoms with Crippen molar-refractivity contribution in [1.82, 2.24) is 4.90 Å². The highest BCUT2D eigenvalue weighted by molar-refractivity contribution is 6.30. The highest BCUT2D eigenvalue weighted by Crippen LogP contribution is 2.33. The third-order valence-corrected chi connectivity index (χ3v) is 4.08. The average molecular weight is 333 g/mol. The van der Waals surface area contributed by atoms with Gasteiger partial charge in [0.25, 0.3) is 0 Å². The molecule has 2 unspecified atom stereocenters. The number of nitrogens with zero attached hydrogens (tertiary/aromatic N) is 1. The molecule has 1 aromatic rings. The van der Waals surface area contributed by atoms with E-state index in [1.165, 1.54) is 0 Å². The lowest BCUT2D eigenvalue weighted by atomic mass is 10.0. The summed E-state index contributed by atoms with van der Waals surface area (Å²) < 4.78 is 5.20. The molecule has 0 radical (unpaired) electrons. The van der Waals surface area contributed by atoms with Gasteiger partial charge in [0.05, 0.1) is 18.6 Å². The van der Waals surface area contributed by atoms with E-state index in [0.29, 0.717) is 18.0 Å². The van der Waals surface area contributed by atoms with Gasteiger partial charge in [-0.2, -0.15) is 0 Å². The van der Waals surface area contributed by atoms with Gasteiger partial charge in [-0.15, -0.1) is 12.4 Å². The predicted octanol–water partition coefficient (Wildman–Crippen LogP) is 2.79. The number of amides is 1. The van der Waals surface area contributed by atoms with Gasteiger partial charge >= 0.3 is 0 Å². The van der Waals surface area contributed by atoms with Crippen molar-refractivity contribution in [2.24, 2.45) is 5.73 Å². The molecule has 1 aromatic carbocycles. The van der Waals surface area contributed by atoms with Gasteiger partial charge in [-0.1, -0.05) is 23.7 Å². The SMILES string of the molecule is COC(CN)CC(=O)N1CCCC1c1ccc(Cl)cc1.Cl. The van der Waals surface area contributed by atoms with E-state index in [4.69, 9.17) is 22.1 Å². The van der Waals surface area contributed by atoms with Crippen LogP contribution >= 0.6 is 24.0 Å². The molecule has 1 aliphatic heterocycles. The Labute approximate surface area is 137 Å². The normalized spacial score (nSPS) is 19.2. The minimum absolute atomic E-state index is 0. The number of hydrogen-bond acceptors (Lipinski definition) is 3. The van der Waals surface area contributed by atoms with Crippen LogP contribution in [0.4, 0.5) is 0 Å². The molecule has 0 aromatic heterocycles. The first-order valence-electron chi connectivity index (χ1n) is 6.93. The number of nitrogens with two attached hydrogens (primary N) is 1. The fraction of sp³-hybridized carbons (Fsp3) is 0.533. The largest absolute Gasteiger partial charge is 0.380 e. The summed E-state index contributed by atoms with van der Waals surface area (Å²) in [5.74, 6) is 0.111. The Hall–Kier alpha value is -0.810. The Bertz CT molecular complexity index is 449. The molecule has 1 saturated heterocycles. The summed E-state index contributed by atoms with van der Waals surface area (Å²) in [6.07, 6.45) is 2.17. The topological polar surface area (TPSA) is 55.6 Å². The fourth-order valence-electron chi connectivity index (χ4n) is 2.67. The number of carbonyl (C=O) groups is 1. The molecule has 0 saturated carbocycles. The van der Waals surface area contributed by atoms with Crippen molar-refractivity contribution in [1.29, 1.82) is 0 Å². The maximum Gasteiger partial charge on any atom is 0.225 e. The molecule has 118 valence electrons. The number of halogens is 2. The lowest BCUT2D eigenvalue weighted by Gasteiger charge is -2.26. The number of likely N-dealkylation sites (tertiary alicyclic amines) is 1. The van der Waals surface area contributed by atoms with Crippen LogP contribution in [0.5, 0.6) is 0 Å². The van der Waals surface area contributed by atoms with E-state index in [9.17, 15) is 4.79 Å². The highest BCUT2D eigenvalue weighted by atomic mass is 35.5. The van der Waals surface area contributed by atoms with Crippen LogP contribution in [-0.4, -0.2) is 37.1 Å². The monoisotopic (exact) mass is 332 g/mol. The molecular formula is C15H22Cl2N2O2. The summed E-state index contributed by atoms with van der Waals surface area (Å²) in [6.45, 7) is 1.16. The lowest BCUT2D eigenvalue weighted by molar-refractivity contribution is -0.134. The molecule has 21 heavy (non-hydrogen) atoms. The minimum Gasteiger partial charge on any atom is -0.380 e. The number of carbonyl (C=O) groups excluding carboxylic acids is 1. The van der Waals surface area contributed by atoms with Crippen molar-refractivity contribution in [2.45, 2.75) is 31.4 Å². The standard InChI is InChI=1S/C15H21ClN2O2.ClH/c1-20-13(10-17)9-15(19)18-8-2-3-14(18)11-4-6-12(16)7-5-11;/h4-7,13-14H,2-3,8-10,17H2,1H3;1H. The number of ether oxygens (including phenoxy) is 1. The van der Waals surface area contributed by atoms with Crippen LogP contribution in [0.1, 0.15) is 30.9 Å². The van der Waals surface area contributed by atoms with Crippen LogP contribution < -0.4 is 5.73 Å². The van der Waals surface area contributed by atoms with Crippen molar-refractivity contribution >= 4 is 29.9 Å². The molecule has 1 heterocycles. The van der Waals surface area contributed by atoms with E-state index in [1.54, 1.807) is 7.11 Å². The minimum atomic E-state index is -0.200. The Balaban J connectivity index is 0.00000220. The molecular weight excluding hydrogens is 311 g/mol. The summed E-state index contributed by atoms with van der Waals surface area (Å²) in [7, 11) is 1.59. The Morgan fingerprint density at radius 2 is 2.14 bits per heavy atom. The van der Waals surface area contributed by atoms with Crippen LogP contribution in [0.3, 0.4) is 0 Å². The van der Waals surface area contributed by atoms with Gasteiger partial charge < -0.3 is 15.4 Å². The maximum absolute atomic E-state index is 12.4. The molecule has 1 fully saturated rings. The summed E-state index contributed by atoms with van der Waals surface area (Å²) in [6, 6.07) is 7.88. The van der Waals surface area contributed by atoms with E-state index in [0.717, 1.165) is 24.9 Å². The summed E-state index contributed by atoms with van der Waals surface area (Å²) in [5, 5.41) is 0.715. The summed E-state index contributed by atoms with van der Waals surface area (Å²) >= 11 is 5.91. The van der Waals surface area contributed by atoms with E-state index in [2.05, 4.69) is 0 Å². The lowest BCUT2D eigenvalue weighted by Crippen LogP contribution is -2.35. The number of hydrogen-bond donors (Lipinski definition) is 1. The van der Waals surface area contributed by atoms with E-state index < -0.39 is 0 Å². The van der Waals surface area contributed by atoms with Crippen molar-refractivity contribution < 1.29 is 9.53 Å². The van der Waals surface area contributed by atoms with Gasteiger partial charge in [0, 0.05) is 25.2 Å². The Kier molecular flexibility index (Phi) is 7.46. The molecule has 1 amide bonds. The smallest absolute Gasteiger partial charge is 0.225 e.